The van der Waals surface area contributed by atoms with E-state index < -0.39 is 0 Å². The van der Waals surface area contributed by atoms with Crippen LogP contribution in [-0.4, -0.2) is 31.8 Å². The van der Waals surface area contributed by atoms with E-state index >= 15 is 0 Å². The summed E-state index contributed by atoms with van der Waals surface area (Å²) in [6.07, 6.45) is 2.49. The van der Waals surface area contributed by atoms with Gasteiger partial charge in [-0.2, -0.15) is 0 Å². The van der Waals surface area contributed by atoms with E-state index in [4.69, 9.17) is 4.74 Å². The summed E-state index contributed by atoms with van der Waals surface area (Å²) in [5.41, 5.74) is 0.860. The molecule has 1 aliphatic rings. The molecule has 4 nitrogen and oxygen atoms in total. The molecule has 2 rings (SSSR count). The molecule has 1 aromatic rings. The summed E-state index contributed by atoms with van der Waals surface area (Å²) in [6, 6.07) is 6.52. The summed E-state index contributed by atoms with van der Waals surface area (Å²) in [6.45, 7) is 4.88. The van der Waals surface area contributed by atoms with Crippen molar-refractivity contribution in [1.82, 2.24) is 10.6 Å². The lowest BCUT2D eigenvalue weighted by Gasteiger charge is -2.14. The summed E-state index contributed by atoms with van der Waals surface area (Å²) in [5.74, 6) is 0.516. The fourth-order valence-electron chi connectivity index (χ4n) is 2.16. The molecule has 110 valence electrons. The molecular weight excluding hydrogens is 257 g/mol. The maximum atomic E-state index is 13.1. The number of ether oxygens (including phenoxy) is 1. The number of benzene rings is 1. The maximum Gasteiger partial charge on any atom is 0.191 e. The van der Waals surface area contributed by atoms with Crippen LogP contribution in [0.25, 0.3) is 0 Å². The molecule has 1 fully saturated rings. The normalized spacial score (nSPS) is 19.1. The average molecular weight is 279 g/mol. The van der Waals surface area contributed by atoms with Crippen LogP contribution in [-0.2, 0) is 11.3 Å². The number of nitrogens with zero attached hydrogens (tertiary/aromatic N) is 1. The molecule has 0 amide bonds. The Morgan fingerprint density at radius 1 is 1.45 bits per heavy atom. The van der Waals surface area contributed by atoms with Gasteiger partial charge in [0.15, 0.2) is 5.96 Å². The van der Waals surface area contributed by atoms with Crippen LogP contribution in [0.2, 0.25) is 0 Å². The van der Waals surface area contributed by atoms with E-state index in [1.165, 1.54) is 12.1 Å². The first-order valence-corrected chi connectivity index (χ1v) is 7.16. The lowest BCUT2D eigenvalue weighted by molar-refractivity contribution is 0.114. The number of aliphatic imine (C=N–C) groups is 1. The molecular formula is C15H22FN3O. The molecule has 1 aliphatic heterocycles. The van der Waals surface area contributed by atoms with Crippen LogP contribution in [0.4, 0.5) is 4.39 Å². The number of rotatable bonds is 5. The Labute approximate surface area is 119 Å². The number of hydrogen-bond acceptors (Lipinski definition) is 2. The number of halogens is 1. The summed E-state index contributed by atoms with van der Waals surface area (Å²) in [7, 11) is 0. The van der Waals surface area contributed by atoms with Crippen molar-refractivity contribution in [3.05, 3.63) is 35.6 Å². The second-order valence-electron chi connectivity index (χ2n) is 4.84. The summed E-state index contributed by atoms with van der Waals surface area (Å²) < 4.78 is 18.7. The Morgan fingerprint density at radius 2 is 2.35 bits per heavy atom. The molecule has 1 aromatic carbocycles. The number of nitrogens with one attached hydrogen (secondary N) is 2. The molecule has 1 heterocycles. The van der Waals surface area contributed by atoms with Crippen molar-refractivity contribution in [3.63, 3.8) is 0 Å². The minimum Gasteiger partial charge on any atom is -0.376 e. The number of guanidine groups is 1. The SMILES string of the molecule is CCNC(=NCc1cccc(F)c1)NCC1CCCO1. The Bertz CT molecular complexity index is 444. The highest BCUT2D eigenvalue weighted by atomic mass is 19.1. The highest BCUT2D eigenvalue weighted by molar-refractivity contribution is 5.79. The fourth-order valence-corrected chi connectivity index (χ4v) is 2.16. The van der Waals surface area contributed by atoms with Gasteiger partial charge in [0.25, 0.3) is 0 Å². The van der Waals surface area contributed by atoms with Gasteiger partial charge in [-0.3, -0.25) is 0 Å². The van der Waals surface area contributed by atoms with Crippen molar-refractivity contribution in [1.29, 1.82) is 0 Å². The Kier molecular flexibility index (Phi) is 5.80. The zero-order chi connectivity index (χ0) is 14.2. The van der Waals surface area contributed by atoms with Gasteiger partial charge in [0.1, 0.15) is 5.82 Å². The van der Waals surface area contributed by atoms with Crippen molar-refractivity contribution in [3.8, 4) is 0 Å². The standard InChI is InChI=1S/C15H22FN3O/c1-2-17-15(19-11-14-7-4-8-20-14)18-10-12-5-3-6-13(16)9-12/h3,5-6,9,14H,2,4,7-8,10-11H2,1H3,(H2,17,18,19). The van der Waals surface area contributed by atoms with E-state index in [1.807, 2.05) is 13.0 Å². The largest absolute Gasteiger partial charge is 0.376 e. The minimum atomic E-state index is -0.227. The van der Waals surface area contributed by atoms with Crippen LogP contribution in [0, 0.1) is 5.82 Å². The van der Waals surface area contributed by atoms with E-state index in [-0.39, 0.29) is 11.9 Å². The molecule has 5 heteroatoms. The van der Waals surface area contributed by atoms with Gasteiger partial charge in [-0.25, -0.2) is 9.38 Å². The van der Waals surface area contributed by atoms with E-state index in [2.05, 4.69) is 15.6 Å². The number of hydrogen-bond donors (Lipinski definition) is 2. The molecule has 1 saturated heterocycles. The van der Waals surface area contributed by atoms with E-state index in [0.29, 0.717) is 6.54 Å². The van der Waals surface area contributed by atoms with E-state index in [0.717, 1.165) is 44.1 Å². The van der Waals surface area contributed by atoms with Gasteiger partial charge in [-0.1, -0.05) is 12.1 Å². The van der Waals surface area contributed by atoms with Gasteiger partial charge in [-0.15, -0.1) is 0 Å². The zero-order valence-corrected chi connectivity index (χ0v) is 11.9. The van der Waals surface area contributed by atoms with Crippen LogP contribution < -0.4 is 10.6 Å². The average Bonchev–Trinajstić information content (AvgIpc) is 2.95. The molecule has 1 unspecified atom stereocenters. The predicted octanol–water partition coefficient (Wildman–Crippen LogP) is 2.06. The Balaban J connectivity index is 1.87. The third-order valence-corrected chi connectivity index (χ3v) is 3.17. The van der Waals surface area contributed by atoms with Crippen LogP contribution in [0.1, 0.15) is 25.3 Å². The zero-order valence-electron chi connectivity index (χ0n) is 11.9. The van der Waals surface area contributed by atoms with Crippen LogP contribution in [0.5, 0.6) is 0 Å². The van der Waals surface area contributed by atoms with Gasteiger partial charge < -0.3 is 15.4 Å². The molecule has 20 heavy (non-hydrogen) atoms. The second-order valence-corrected chi connectivity index (χ2v) is 4.84. The van der Waals surface area contributed by atoms with Gasteiger partial charge >= 0.3 is 0 Å². The highest BCUT2D eigenvalue weighted by Gasteiger charge is 2.15. The van der Waals surface area contributed by atoms with Crippen molar-refractivity contribution in [2.75, 3.05) is 19.7 Å². The van der Waals surface area contributed by atoms with Gasteiger partial charge in [0, 0.05) is 19.7 Å². The second kappa shape index (κ2) is 7.85. The van der Waals surface area contributed by atoms with Crippen LogP contribution in [0.15, 0.2) is 29.3 Å². The van der Waals surface area contributed by atoms with Crippen molar-refractivity contribution < 1.29 is 9.13 Å². The molecule has 0 spiro atoms. The third-order valence-electron chi connectivity index (χ3n) is 3.17. The first-order valence-electron chi connectivity index (χ1n) is 7.16. The Morgan fingerprint density at radius 3 is 3.05 bits per heavy atom. The monoisotopic (exact) mass is 279 g/mol. The minimum absolute atomic E-state index is 0.227. The molecule has 0 bridgehead atoms. The van der Waals surface area contributed by atoms with Crippen molar-refractivity contribution >= 4 is 5.96 Å². The molecule has 0 aromatic heterocycles. The third kappa shape index (κ3) is 4.81. The topological polar surface area (TPSA) is 45.7 Å². The maximum absolute atomic E-state index is 13.1. The lowest BCUT2D eigenvalue weighted by atomic mass is 10.2. The summed E-state index contributed by atoms with van der Waals surface area (Å²) >= 11 is 0. The van der Waals surface area contributed by atoms with E-state index in [1.54, 1.807) is 6.07 Å². The quantitative estimate of drug-likeness (QED) is 0.640. The fraction of sp³-hybridized carbons (Fsp3) is 0.533. The smallest absolute Gasteiger partial charge is 0.191 e. The first-order chi connectivity index (χ1) is 9.78. The molecule has 0 aliphatic carbocycles. The van der Waals surface area contributed by atoms with Gasteiger partial charge in [0.2, 0.25) is 0 Å². The first kappa shape index (κ1) is 14.8. The summed E-state index contributed by atoms with van der Waals surface area (Å²) in [5, 5.41) is 6.45. The molecule has 2 N–H and O–H groups in total. The van der Waals surface area contributed by atoms with Crippen LogP contribution in [0.3, 0.4) is 0 Å². The molecule has 0 saturated carbocycles. The van der Waals surface area contributed by atoms with Gasteiger partial charge in [0.05, 0.1) is 12.6 Å². The summed E-state index contributed by atoms with van der Waals surface area (Å²) in [4.78, 5) is 4.46. The van der Waals surface area contributed by atoms with Crippen LogP contribution >= 0.6 is 0 Å². The highest BCUT2D eigenvalue weighted by Crippen LogP contribution is 2.10. The van der Waals surface area contributed by atoms with E-state index in [9.17, 15) is 4.39 Å². The van der Waals surface area contributed by atoms with Crippen molar-refractivity contribution in [2.45, 2.75) is 32.4 Å². The molecule has 0 radical (unpaired) electrons. The Hall–Kier alpha value is -1.62. The molecule has 1 atom stereocenters. The predicted molar refractivity (Wildman–Crippen MR) is 78.2 cm³/mol. The lowest BCUT2D eigenvalue weighted by Crippen LogP contribution is -2.41. The van der Waals surface area contributed by atoms with Gasteiger partial charge in [-0.05, 0) is 37.5 Å². The van der Waals surface area contributed by atoms with Crippen molar-refractivity contribution in [2.24, 2.45) is 4.99 Å².